The van der Waals surface area contributed by atoms with Crippen LogP contribution in [0.4, 0.5) is 0 Å². The van der Waals surface area contributed by atoms with E-state index < -0.39 is 11.9 Å². The molecule has 1 aliphatic rings. The zero-order valence-electron chi connectivity index (χ0n) is 10.8. The minimum Gasteiger partial charge on any atom is -0.469 e. The molecule has 1 saturated carbocycles. The number of hydrogen-bond acceptors (Lipinski definition) is 5. The lowest BCUT2D eigenvalue weighted by Gasteiger charge is -2.28. The van der Waals surface area contributed by atoms with E-state index in [0.717, 1.165) is 6.42 Å². The smallest absolute Gasteiger partial charge is 0.306 e. The summed E-state index contributed by atoms with van der Waals surface area (Å²) < 4.78 is 4.62. The average Bonchev–Trinajstić information content (AvgIpc) is 2.94. The predicted molar refractivity (Wildman–Crippen MR) is 71.1 cm³/mol. The van der Waals surface area contributed by atoms with Gasteiger partial charge >= 0.3 is 5.97 Å². The summed E-state index contributed by atoms with van der Waals surface area (Å²) in [5, 5.41) is 1.84. The van der Waals surface area contributed by atoms with Crippen molar-refractivity contribution in [2.24, 2.45) is 11.8 Å². The molecule has 1 aliphatic carbocycles. The monoisotopic (exact) mass is 280 g/mol. The minimum absolute atomic E-state index is 0.00607. The van der Waals surface area contributed by atoms with Crippen LogP contribution in [-0.2, 0) is 14.3 Å². The van der Waals surface area contributed by atoms with Crippen molar-refractivity contribution in [1.29, 1.82) is 0 Å². The zero-order chi connectivity index (χ0) is 13.8. The van der Waals surface area contributed by atoms with Gasteiger partial charge in [-0.25, -0.2) is 0 Å². The molecule has 0 bridgehead atoms. The first-order valence-corrected chi connectivity index (χ1v) is 7.18. The summed E-state index contributed by atoms with van der Waals surface area (Å²) in [7, 11) is 1.30. The molecule has 2 rings (SSSR count). The molecule has 1 aromatic rings. The molecule has 2 atom stereocenters. The van der Waals surface area contributed by atoms with Gasteiger partial charge in [-0.1, -0.05) is 6.07 Å². The summed E-state index contributed by atoms with van der Waals surface area (Å²) in [6.45, 7) is 0. The van der Waals surface area contributed by atoms with Crippen LogP contribution in [0.25, 0.3) is 0 Å². The molecule has 0 radical (unpaired) electrons. The summed E-state index contributed by atoms with van der Waals surface area (Å²) in [5.41, 5.74) is 0. The van der Waals surface area contributed by atoms with Gasteiger partial charge in [0, 0.05) is 18.3 Å². The lowest BCUT2D eigenvalue weighted by molar-refractivity contribution is -0.145. The van der Waals surface area contributed by atoms with Crippen LogP contribution in [-0.4, -0.2) is 24.6 Å². The number of ether oxygens (including phenoxy) is 1. The number of methoxy groups -OCH3 is 1. The Bertz CT molecular complexity index is 478. The van der Waals surface area contributed by atoms with Gasteiger partial charge in [0.2, 0.25) is 0 Å². The van der Waals surface area contributed by atoms with Gasteiger partial charge in [0.1, 0.15) is 5.78 Å². The summed E-state index contributed by atoms with van der Waals surface area (Å²) in [5.74, 6) is -1.33. The van der Waals surface area contributed by atoms with E-state index in [2.05, 4.69) is 4.74 Å². The van der Waals surface area contributed by atoms with Crippen LogP contribution in [0.2, 0.25) is 0 Å². The van der Waals surface area contributed by atoms with Gasteiger partial charge in [0.05, 0.1) is 18.4 Å². The van der Waals surface area contributed by atoms with Gasteiger partial charge < -0.3 is 4.74 Å². The van der Waals surface area contributed by atoms with Gasteiger partial charge in [-0.15, -0.1) is 11.3 Å². The van der Waals surface area contributed by atoms with Crippen LogP contribution >= 0.6 is 11.3 Å². The SMILES string of the molecule is COC(=O)C[C@@H]1C(=O)CCC[C@H]1C(=O)c1cccs1. The number of hydrogen-bond donors (Lipinski definition) is 0. The largest absolute Gasteiger partial charge is 0.469 e. The maximum absolute atomic E-state index is 12.4. The molecule has 1 aromatic heterocycles. The van der Waals surface area contributed by atoms with Crippen LogP contribution in [0.1, 0.15) is 35.4 Å². The van der Waals surface area contributed by atoms with Crippen LogP contribution in [0.3, 0.4) is 0 Å². The molecule has 5 heteroatoms. The molecule has 102 valence electrons. The molecule has 4 nitrogen and oxygen atoms in total. The molecule has 1 heterocycles. The highest BCUT2D eigenvalue weighted by Gasteiger charge is 2.38. The second kappa shape index (κ2) is 6.10. The highest BCUT2D eigenvalue weighted by Crippen LogP contribution is 2.33. The Labute approximate surface area is 115 Å². The Morgan fingerprint density at radius 2 is 2.26 bits per heavy atom. The van der Waals surface area contributed by atoms with Gasteiger partial charge in [0.15, 0.2) is 5.78 Å². The summed E-state index contributed by atoms with van der Waals surface area (Å²) in [6, 6.07) is 3.58. The molecule has 0 amide bonds. The first kappa shape index (κ1) is 13.9. The van der Waals surface area contributed by atoms with E-state index in [0.29, 0.717) is 17.7 Å². The fourth-order valence-electron chi connectivity index (χ4n) is 2.54. The summed E-state index contributed by atoms with van der Waals surface area (Å²) in [4.78, 5) is 36.4. The fourth-order valence-corrected chi connectivity index (χ4v) is 3.27. The molecule has 0 saturated heterocycles. The van der Waals surface area contributed by atoms with E-state index >= 15 is 0 Å². The number of esters is 1. The van der Waals surface area contributed by atoms with Gasteiger partial charge in [0.25, 0.3) is 0 Å². The lowest BCUT2D eigenvalue weighted by atomic mass is 9.74. The van der Waals surface area contributed by atoms with Crippen LogP contribution in [0.5, 0.6) is 0 Å². The Kier molecular flexibility index (Phi) is 4.47. The first-order chi connectivity index (χ1) is 9.13. The van der Waals surface area contributed by atoms with Gasteiger partial charge in [-0.2, -0.15) is 0 Å². The molecule has 0 unspecified atom stereocenters. The molecular formula is C14H16O4S. The number of carbonyl (C=O) groups is 3. The summed E-state index contributed by atoms with van der Waals surface area (Å²) >= 11 is 1.38. The van der Waals surface area contributed by atoms with Crippen molar-refractivity contribution in [1.82, 2.24) is 0 Å². The third kappa shape index (κ3) is 3.10. The van der Waals surface area contributed by atoms with E-state index in [4.69, 9.17) is 0 Å². The second-order valence-corrected chi connectivity index (χ2v) is 5.64. The average molecular weight is 280 g/mol. The Morgan fingerprint density at radius 3 is 2.89 bits per heavy atom. The van der Waals surface area contributed by atoms with Crippen molar-refractivity contribution in [2.45, 2.75) is 25.7 Å². The van der Waals surface area contributed by atoms with Crippen molar-refractivity contribution in [3.8, 4) is 0 Å². The Morgan fingerprint density at radius 1 is 1.47 bits per heavy atom. The quantitative estimate of drug-likeness (QED) is 0.628. The van der Waals surface area contributed by atoms with E-state index in [1.54, 1.807) is 6.07 Å². The van der Waals surface area contributed by atoms with Crippen molar-refractivity contribution in [3.63, 3.8) is 0 Å². The van der Waals surface area contributed by atoms with Crippen LogP contribution in [0.15, 0.2) is 17.5 Å². The lowest BCUT2D eigenvalue weighted by Crippen LogP contribution is -2.35. The normalized spacial score (nSPS) is 23.1. The number of rotatable bonds is 4. The zero-order valence-corrected chi connectivity index (χ0v) is 11.6. The first-order valence-electron chi connectivity index (χ1n) is 6.30. The molecule has 19 heavy (non-hydrogen) atoms. The van der Waals surface area contributed by atoms with E-state index in [-0.39, 0.29) is 23.9 Å². The highest BCUT2D eigenvalue weighted by atomic mass is 32.1. The van der Waals surface area contributed by atoms with Gasteiger partial charge in [-0.05, 0) is 24.3 Å². The van der Waals surface area contributed by atoms with E-state index in [1.807, 2.05) is 11.4 Å². The van der Waals surface area contributed by atoms with Crippen molar-refractivity contribution in [3.05, 3.63) is 22.4 Å². The van der Waals surface area contributed by atoms with Gasteiger partial charge in [-0.3, -0.25) is 14.4 Å². The highest BCUT2D eigenvalue weighted by molar-refractivity contribution is 7.12. The Balaban J connectivity index is 2.17. The molecule has 0 N–H and O–H groups in total. The molecule has 0 aliphatic heterocycles. The minimum atomic E-state index is -0.518. The third-order valence-electron chi connectivity index (χ3n) is 3.55. The molecule has 0 aromatic carbocycles. The molecule has 1 fully saturated rings. The number of ketones is 2. The Hall–Kier alpha value is -1.49. The molecule has 0 spiro atoms. The number of carbonyl (C=O) groups excluding carboxylic acids is 3. The summed E-state index contributed by atoms with van der Waals surface area (Å²) in [6.07, 6.45) is 1.86. The second-order valence-electron chi connectivity index (χ2n) is 4.69. The van der Waals surface area contributed by atoms with Crippen molar-refractivity contribution < 1.29 is 19.1 Å². The topological polar surface area (TPSA) is 60.4 Å². The van der Waals surface area contributed by atoms with E-state index in [1.165, 1.54) is 18.4 Å². The van der Waals surface area contributed by atoms with Crippen molar-refractivity contribution >= 4 is 28.9 Å². The van der Waals surface area contributed by atoms with Crippen molar-refractivity contribution in [2.75, 3.05) is 7.11 Å². The van der Waals surface area contributed by atoms with E-state index in [9.17, 15) is 14.4 Å². The third-order valence-corrected chi connectivity index (χ3v) is 4.44. The molecular weight excluding hydrogens is 264 g/mol. The maximum Gasteiger partial charge on any atom is 0.306 e. The standard InChI is InChI=1S/C14H16O4S/c1-18-13(16)8-10-9(4-2-5-11(10)15)14(17)12-6-3-7-19-12/h3,6-7,9-10H,2,4-5,8H2,1H3/t9-,10+/m1/s1. The number of Topliss-reactive ketones (excluding diaryl/α,β-unsaturated/α-hetero) is 2. The number of thiophene rings is 1. The van der Waals surface area contributed by atoms with Crippen LogP contribution in [0, 0.1) is 11.8 Å². The maximum atomic E-state index is 12.4. The van der Waals surface area contributed by atoms with Crippen LogP contribution < -0.4 is 0 Å². The predicted octanol–water partition coefficient (Wildman–Crippen LogP) is 2.48. The fraction of sp³-hybridized carbons (Fsp3) is 0.500.